The SMILES string of the molecule is COC[C@H](c1ccnc(NC(=O)[C@@H](NC(=O)c2nonc2C)c2ccc(F)cc2)c1)N1C[C@@H](C(F)(F)F)NC1=O. The Morgan fingerprint density at radius 2 is 1.93 bits per heavy atom. The van der Waals surface area contributed by atoms with Crippen LogP contribution in [0.2, 0.25) is 0 Å². The maximum absolute atomic E-state index is 13.5. The molecule has 40 heavy (non-hydrogen) atoms. The average Bonchev–Trinajstić information content (AvgIpc) is 3.52. The van der Waals surface area contributed by atoms with Crippen LogP contribution in [0.5, 0.6) is 0 Å². The highest BCUT2D eigenvalue weighted by molar-refractivity contribution is 6.00. The number of anilines is 1. The maximum Gasteiger partial charge on any atom is 0.410 e. The quantitative estimate of drug-likeness (QED) is 0.335. The van der Waals surface area contributed by atoms with Crippen LogP contribution >= 0.6 is 0 Å². The third-order valence-electron chi connectivity index (χ3n) is 6.06. The summed E-state index contributed by atoms with van der Waals surface area (Å²) in [7, 11) is 1.33. The summed E-state index contributed by atoms with van der Waals surface area (Å²) < 4.78 is 62.8. The molecule has 4 rings (SSSR count). The second-order valence-corrected chi connectivity index (χ2v) is 8.79. The Hall–Kier alpha value is -4.60. The van der Waals surface area contributed by atoms with Gasteiger partial charge in [-0.15, -0.1) is 0 Å². The molecule has 0 aliphatic carbocycles. The summed E-state index contributed by atoms with van der Waals surface area (Å²) in [4.78, 5) is 43.5. The van der Waals surface area contributed by atoms with Crippen molar-refractivity contribution >= 4 is 23.7 Å². The van der Waals surface area contributed by atoms with E-state index in [-0.39, 0.29) is 29.4 Å². The molecular formula is C24H23F4N7O5. The number of carbonyl (C=O) groups excluding carboxylic acids is 3. The predicted molar refractivity (Wildman–Crippen MR) is 128 cm³/mol. The number of benzene rings is 1. The number of aryl methyl sites for hydroxylation is 1. The zero-order valence-corrected chi connectivity index (χ0v) is 21.0. The molecule has 0 saturated carbocycles. The number of hydrogen-bond donors (Lipinski definition) is 3. The molecule has 212 valence electrons. The van der Waals surface area contributed by atoms with Gasteiger partial charge in [0.2, 0.25) is 0 Å². The number of pyridine rings is 1. The van der Waals surface area contributed by atoms with Crippen LogP contribution in [0.1, 0.15) is 39.4 Å². The number of carbonyl (C=O) groups is 3. The lowest BCUT2D eigenvalue weighted by Gasteiger charge is -2.27. The first kappa shape index (κ1) is 28.4. The number of nitrogens with one attached hydrogen (secondary N) is 3. The molecule has 1 aliphatic heterocycles. The van der Waals surface area contributed by atoms with Crippen LogP contribution in [0.15, 0.2) is 47.2 Å². The van der Waals surface area contributed by atoms with E-state index in [1.165, 1.54) is 44.5 Å². The fourth-order valence-corrected chi connectivity index (χ4v) is 4.05. The van der Waals surface area contributed by atoms with Gasteiger partial charge in [0.05, 0.1) is 19.2 Å². The van der Waals surface area contributed by atoms with Crippen molar-refractivity contribution in [1.82, 2.24) is 30.8 Å². The molecule has 16 heteroatoms. The van der Waals surface area contributed by atoms with Gasteiger partial charge in [0.15, 0.2) is 5.69 Å². The maximum atomic E-state index is 13.5. The number of amides is 4. The van der Waals surface area contributed by atoms with E-state index in [0.717, 1.165) is 17.0 Å². The number of methoxy groups -OCH3 is 1. The molecule has 1 aliphatic rings. The number of alkyl halides is 3. The molecule has 12 nitrogen and oxygen atoms in total. The minimum absolute atomic E-state index is 0.0313. The smallest absolute Gasteiger partial charge is 0.382 e. The third kappa shape index (κ3) is 6.33. The molecule has 1 aromatic carbocycles. The van der Waals surface area contributed by atoms with Gasteiger partial charge in [0.1, 0.15) is 29.4 Å². The molecule has 0 spiro atoms. The van der Waals surface area contributed by atoms with Crippen molar-refractivity contribution in [2.24, 2.45) is 0 Å². The summed E-state index contributed by atoms with van der Waals surface area (Å²) in [5, 5.41) is 14.0. The zero-order chi connectivity index (χ0) is 29.0. The lowest BCUT2D eigenvalue weighted by molar-refractivity contribution is -0.150. The van der Waals surface area contributed by atoms with Crippen molar-refractivity contribution in [2.45, 2.75) is 31.2 Å². The van der Waals surface area contributed by atoms with E-state index >= 15 is 0 Å². The highest BCUT2D eigenvalue weighted by atomic mass is 19.4. The molecular weight excluding hydrogens is 542 g/mol. The van der Waals surface area contributed by atoms with Gasteiger partial charge in [0, 0.05) is 13.3 Å². The minimum atomic E-state index is -4.64. The fourth-order valence-electron chi connectivity index (χ4n) is 4.05. The normalized spacial score (nSPS) is 16.8. The average molecular weight is 565 g/mol. The van der Waals surface area contributed by atoms with E-state index in [4.69, 9.17) is 4.74 Å². The number of hydrogen-bond acceptors (Lipinski definition) is 8. The number of halogens is 4. The monoisotopic (exact) mass is 565 g/mol. The van der Waals surface area contributed by atoms with Gasteiger partial charge in [-0.05, 0) is 47.5 Å². The number of rotatable bonds is 9. The Balaban J connectivity index is 1.58. The fraction of sp³-hybridized carbons (Fsp3) is 0.333. The largest absolute Gasteiger partial charge is 0.410 e. The molecule has 3 aromatic rings. The van der Waals surface area contributed by atoms with E-state index in [2.05, 4.69) is 30.6 Å². The lowest BCUT2D eigenvalue weighted by atomic mass is 10.0. The van der Waals surface area contributed by atoms with Gasteiger partial charge in [-0.3, -0.25) is 9.59 Å². The first-order valence-corrected chi connectivity index (χ1v) is 11.7. The molecule has 0 radical (unpaired) electrons. The Labute approximate surface area is 224 Å². The Bertz CT molecular complexity index is 1380. The lowest BCUT2D eigenvalue weighted by Crippen LogP contribution is -2.40. The van der Waals surface area contributed by atoms with Crippen LogP contribution in [-0.2, 0) is 9.53 Å². The van der Waals surface area contributed by atoms with Crippen molar-refractivity contribution < 1.29 is 41.3 Å². The second kappa shape index (κ2) is 11.6. The highest BCUT2D eigenvalue weighted by Crippen LogP contribution is 2.31. The van der Waals surface area contributed by atoms with Crippen LogP contribution in [-0.4, -0.2) is 70.5 Å². The van der Waals surface area contributed by atoms with Crippen molar-refractivity contribution in [3.05, 3.63) is 70.9 Å². The minimum Gasteiger partial charge on any atom is -0.382 e. The van der Waals surface area contributed by atoms with E-state index < -0.39 is 54.5 Å². The topological polar surface area (TPSA) is 152 Å². The highest BCUT2D eigenvalue weighted by Gasteiger charge is 2.48. The van der Waals surface area contributed by atoms with Gasteiger partial charge in [-0.25, -0.2) is 18.8 Å². The van der Waals surface area contributed by atoms with Crippen LogP contribution in [0.3, 0.4) is 0 Å². The molecule has 4 amide bonds. The first-order chi connectivity index (χ1) is 19.0. The van der Waals surface area contributed by atoms with Crippen molar-refractivity contribution in [3.8, 4) is 0 Å². The summed E-state index contributed by atoms with van der Waals surface area (Å²) in [5.41, 5.74) is 0.565. The molecule has 3 heterocycles. The van der Waals surface area contributed by atoms with E-state index in [9.17, 15) is 31.9 Å². The summed E-state index contributed by atoms with van der Waals surface area (Å²) in [6.07, 6.45) is -3.35. The van der Waals surface area contributed by atoms with E-state index in [0.29, 0.717) is 5.56 Å². The van der Waals surface area contributed by atoms with Gasteiger partial charge >= 0.3 is 12.2 Å². The Morgan fingerprint density at radius 1 is 1.20 bits per heavy atom. The zero-order valence-electron chi connectivity index (χ0n) is 21.0. The Morgan fingerprint density at radius 3 is 2.52 bits per heavy atom. The predicted octanol–water partition coefficient (Wildman–Crippen LogP) is 2.67. The second-order valence-electron chi connectivity index (χ2n) is 8.79. The number of aromatic nitrogens is 3. The van der Waals surface area contributed by atoms with E-state index in [1.807, 2.05) is 5.32 Å². The van der Waals surface area contributed by atoms with E-state index in [1.54, 1.807) is 0 Å². The van der Waals surface area contributed by atoms with Crippen molar-refractivity contribution in [1.29, 1.82) is 0 Å². The number of nitrogens with zero attached hydrogens (tertiary/aromatic N) is 4. The van der Waals surface area contributed by atoms with Crippen molar-refractivity contribution in [3.63, 3.8) is 0 Å². The molecule has 0 unspecified atom stereocenters. The van der Waals surface area contributed by atoms with Gasteiger partial charge < -0.3 is 25.6 Å². The van der Waals surface area contributed by atoms with Gasteiger partial charge in [-0.1, -0.05) is 17.3 Å². The molecule has 3 N–H and O–H groups in total. The standard InChI is InChI=1S/C24H23F4N7O5/c1-12-19(34-40-33-12)21(36)32-20(13-3-5-15(25)6-4-13)22(37)31-18-9-14(7-8-29-18)16(11-39-2)35-10-17(24(26,27)28)30-23(35)38/h3-9,16-17,20H,10-11H2,1-2H3,(H,30,38)(H,32,36)(H,29,31,37)/t16-,17+,20+/m1/s1. The van der Waals surface area contributed by atoms with Crippen LogP contribution in [0.4, 0.5) is 28.2 Å². The molecule has 1 fully saturated rings. The number of ether oxygens (including phenoxy) is 1. The molecule has 1 saturated heterocycles. The molecule has 2 aromatic heterocycles. The Kier molecular flexibility index (Phi) is 8.27. The summed E-state index contributed by atoms with van der Waals surface area (Å²) in [5.74, 6) is -2.17. The van der Waals surface area contributed by atoms with Gasteiger partial charge in [-0.2, -0.15) is 13.2 Å². The van der Waals surface area contributed by atoms with Gasteiger partial charge in [0.25, 0.3) is 11.8 Å². The van der Waals surface area contributed by atoms with Crippen LogP contribution in [0, 0.1) is 12.7 Å². The molecule has 3 atom stereocenters. The molecule has 0 bridgehead atoms. The first-order valence-electron chi connectivity index (χ1n) is 11.7. The third-order valence-corrected chi connectivity index (χ3v) is 6.06. The number of urea groups is 1. The van der Waals surface area contributed by atoms with Crippen LogP contribution in [0.25, 0.3) is 0 Å². The van der Waals surface area contributed by atoms with Crippen LogP contribution < -0.4 is 16.0 Å². The summed E-state index contributed by atoms with van der Waals surface area (Å²) in [6, 6.07) is 2.38. The van der Waals surface area contributed by atoms with Crippen molar-refractivity contribution in [2.75, 3.05) is 25.6 Å². The summed E-state index contributed by atoms with van der Waals surface area (Å²) >= 11 is 0. The summed E-state index contributed by atoms with van der Waals surface area (Å²) in [6.45, 7) is 0.686.